The second-order valence-electron chi connectivity index (χ2n) is 6.78. The van der Waals surface area contributed by atoms with Gasteiger partial charge in [0.05, 0.1) is 12.1 Å². The van der Waals surface area contributed by atoms with Crippen molar-refractivity contribution >= 4 is 11.6 Å². The molecule has 2 nitrogen and oxygen atoms in total. The van der Waals surface area contributed by atoms with Crippen molar-refractivity contribution in [2.45, 2.75) is 38.7 Å². The number of hydrogen-bond donors (Lipinski definition) is 0. The maximum atomic E-state index is 6.29. The van der Waals surface area contributed by atoms with Gasteiger partial charge in [0.25, 0.3) is 0 Å². The minimum atomic E-state index is 0.0219. The zero-order valence-corrected chi connectivity index (χ0v) is 14.2. The molecule has 1 atom stereocenters. The topological polar surface area (TPSA) is 18.5 Å². The van der Waals surface area contributed by atoms with E-state index in [1.165, 1.54) is 11.1 Å². The van der Waals surface area contributed by atoms with Gasteiger partial charge in [-0.3, -0.25) is 0 Å². The molecule has 0 fully saturated rings. The SMILES string of the molecule is COc1cc(Cl)c2c(c1)CC(c1ccc(C(C)(C)C)cc1)O2. The summed E-state index contributed by atoms with van der Waals surface area (Å²) < 4.78 is 11.3. The van der Waals surface area contributed by atoms with Gasteiger partial charge in [-0.05, 0) is 22.6 Å². The van der Waals surface area contributed by atoms with Crippen LogP contribution in [0.5, 0.6) is 11.5 Å². The van der Waals surface area contributed by atoms with Crippen LogP contribution < -0.4 is 9.47 Å². The zero-order chi connectivity index (χ0) is 15.9. The Labute approximate surface area is 137 Å². The minimum absolute atomic E-state index is 0.0219. The van der Waals surface area contributed by atoms with E-state index in [4.69, 9.17) is 21.1 Å². The molecule has 0 aliphatic carbocycles. The maximum Gasteiger partial charge on any atom is 0.142 e. The summed E-state index contributed by atoms with van der Waals surface area (Å²) in [6.07, 6.45) is 0.842. The van der Waals surface area contributed by atoms with Crippen LogP contribution in [0.25, 0.3) is 0 Å². The van der Waals surface area contributed by atoms with Gasteiger partial charge in [0.1, 0.15) is 17.6 Å². The molecule has 1 aliphatic heterocycles. The molecule has 3 heteroatoms. The van der Waals surface area contributed by atoms with Crippen LogP contribution in [-0.2, 0) is 11.8 Å². The summed E-state index contributed by atoms with van der Waals surface area (Å²) in [5.41, 5.74) is 3.77. The van der Waals surface area contributed by atoms with Crippen molar-refractivity contribution < 1.29 is 9.47 Å². The normalized spacial score (nSPS) is 17.0. The van der Waals surface area contributed by atoms with E-state index in [9.17, 15) is 0 Å². The Balaban J connectivity index is 1.85. The van der Waals surface area contributed by atoms with Crippen molar-refractivity contribution in [1.29, 1.82) is 0 Å². The second-order valence-corrected chi connectivity index (χ2v) is 7.19. The monoisotopic (exact) mass is 316 g/mol. The molecular weight excluding hydrogens is 296 g/mol. The van der Waals surface area contributed by atoms with Gasteiger partial charge in [-0.1, -0.05) is 56.6 Å². The van der Waals surface area contributed by atoms with Gasteiger partial charge < -0.3 is 9.47 Å². The minimum Gasteiger partial charge on any atom is -0.497 e. The largest absolute Gasteiger partial charge is 0.497 e. The van der Waals surface area contributed by atoms with E-state index in [1.54, 1.807) is 13.2 Å². The number of ether oxygens (including phenoxy) is 2. The van der Waals surface area contributed by atoms with Gasteiger partial charge in [0.15, 0.2) is 0 Å². The molecule has 0 bridgehead atoms. The quantitative estimate of drug-likeness (QED) is 0.746. The summed E-state index contributed by atoms with van der Waals surface area (Å²) in [6, 6.07) is 12.5. The Morgan fingerprint density at radius 2 is 1.82 bits per heavy atom. The summed E-state index contributed by atoms with van der Waals surface area (Å²) in [6.45, 7) is 6.65. The summed E-state index contributed by atoms with van der Waals surface area (Å²) in [5, 5.41) is 0.614. The van der Waals surface area contributed by atoms with Gasteiger partial charge in [0, 0.05) is 18.1 Å². The number of hydrogen-bond acceptors (Lipinski definition) is 2. The zero-order valence-electron chi connectivity index (χ0n) is 13.4. The maximum absolute atomic E-state index is 6.29. The van der Waals surface area contributed by atoms with Gasteiger partial charge in [-0.2, -0.15) is 0 Å². The lowest BCUT2D eigenvalue weighted by Gasteiger charge is -2.20. The highest BCUT2D eigenvalue weighted by molar-refractivity contribution is 6.32. The second kappa shape index (κ2) is 5.51. The first-order valence-corrected chi connectivity index (χ1v) is 7.90. The summed E-state index contributed by atoms with van der Waals surface area (Å²) in [5.74, 6) is 1.56. The molecule has 0 N–H and O–H groups in total. The summed E-state index contributed by atoms with van der Waals surface area (Å²) in [4.78, 5) is 0. The Bertz CT molecular complexity index is 684. The van der Waals surface area contributed by atoms with Crippen molar-refractivity contribution in [3.8, 4) is 11.5 Å². The van der Waals surface area contributed by atoms with E-state index < -0.39 is 0 Å². The lowest BCUT2D eigenvalue weighted by atomic mass is 9.86. The van der Waals surface area contributed by atoms with E-state index in [0.717, 1.165) is 23.5 Å². The van der Waals surface area contributed by atoms with Gasteiger partial charge in [-0.25, -0.2) is 0 Å². The average molecular weight is 317 g/mol. The van der Waals surface area contributed by atoms with Crippen LogP contribution in [0.3, 0.4) is 0 Å². The van der Waals surface area contributed by atoms with Gasteiger partial charge >= 0.3 is 0 Å². The molecule has 0 aromatic heterocycles. The smallest absolute Gasteiger partial charge is 0.142 e. The molecule has 1 heterocycles. The molecule has 3 rings (SSSR count). The fraction of sp³-hybridized carbons (Fsp3) is 0.368. The fourth-order valence-electron chi connectivity index (χ4n) is 2.79. The summed E-state index contributed by atoms with van der Waals surface area (Å²) >= 11 is 6.29. The Morgan fingerprint density at radius 1 is 1.14 bits per heavy atom. The first kappa shape index (κ1) is 15.2. The molecule has 0 saturated carbocycles. The third kappa shape index (κ3) is 2.80. The lowest BCUT2D eigenvalue weighted by molar-refractivity contribution is 0.238. The lowest BCUT2D eigenvalue weighted by Crippen LogP contribution is -2.11. The summed E-state index contributed by atoms with van der Waals surface area (Å²) in [7, 11) is 1.65. The number of halogens is 1. The van der Waals surface area contributed by atoms with Crippen molar-refractivity contribution in [3.63, 3.8) is 0 Å². The van der Waals surface area contributed by atoms with E-state index in [-0.39, 0.29) is 11.5 Å². The molecule has 0 amide bonds. The number of rotatable bonds is 2. The van der Waals surface area contributed by atoms with Crippen molar-refractivity contribution in [2.24, 2.45) is 0 Å². The predicted molar refractivity (Wildman–Crippen MR) is 90.2 cm³/mol. The van der Waals surface area contributed by atoms with Crippen LogP contribution in [0.15, 0.2) is 36.4 Å². The first-order valence-electron chi connectivity index (χ1n) is 7.52. The molecule has 0 radical (unpaired) electrons. The fourth-order valence-corrected chi connectivity index (χ4v) is 3.06. The van der Waals surface area contributed by atoms with Crippen LogP contribution >= 0.6 is 11.6 Å². The molecule has 0 spiro atoms. The third-order valence-electron chi connectivity index (χ3n) is 4.14. The van der Waals surface area contributed by atoms with Crippen molar-refractivity contribution in [2.75, 3.05) is 7.11 Å². The van der Waals surface area contributed by atoms with E-state index in [0.29, 0.717) is 5.02 Å². The third-order valence-corrected chi connectivity index (χ3v) is 4.42. The van der Waals surface area contributed by atoms with Crippen LogP contribution in [0.1, 0.15) is 43.6 Å². The highest BCUT2D eigenvalue weighted by Gasteiger charge is 2.27. The van der Waals surface area contributed by atoms with Crippen LogP contribution in [0, 0.1) is 0 Å². The van der Waals surface area contributed by atoms with E-state index in [2.05, 4.69) is 45.0 Å². The molecule has 22 heavy (non-hydrogen) atoms. The predicted octanol–water partition coefficient (Wildman–Crippen LogP) is 5.32. The number of methoxy groups -OCH3 is 1. The highest BCUT2D eigenvalue weighted by atomic mass is 35.5. The molecule has 1 aliphatic rings. The van der Waals surface area contributed by atoms with Crippen molar-refractivity contribution in [1.82, 2.24) is 0 Å². The number of fused-ring (bicyclic) bond motifs is 1. The van der Waals surface area contributed by atoms with E-state index >= 15 is 0 Å². The molecule has 1 unspecified atom stereocenters. The van der Waals surface area contributed by atoms with Crippen LogP contribution in [0.2, 0.25) is 5.02 Å². The van der Waals surface area contributed by atoms with Crippen LogP contribution in [0.4, 0.5) is 0 Å². The highest BCUT2D eigenvalue weighted by Crippen LogP contribution is 2.43. The average Bonchev–Trinajstić information content (AvgIpc) is 2.91. The van der Waals surface area contributed by atoms with Crippen LogP contribution in [-0.4, -0.2) is 7.11 Å². The standard InChI is InChI=1S/C19H21ClO2/c1-19(2,3)14-7-5-12(6-8-14)17-10-13-9-15(21-4)11-16(20)18(13)22-17/h5-9,11,17H,10H2,1-4H3. The first-order chi connectivity index (χ1) is 10.4. The Kier molecular flexibility index (Phi) is 3.82. The Morgan fingerprint density at radius 3 is 2.41 bits per heavy atom. The van der Waals surface area contributed by atoms with Gasteiger partial charge in [-0.15, -0.1) is 0 Å². The van der Waals surface area contributed by atoms with E-state index in [1.807, 2.05) is 6.07 Å². The Hall–Kier alpha value is -1.67. The molecule has 2 aromatic rings. The molecular formula is C19H21ClO2. The molecule has 2 aromatic carbocycles. The van der Waals surface area contributed by atoms with Gasteiger partial charge in [0.2, 0.25) is 0 Å². The molecule has 0 saturated heterocycles. The molecule has 116 valence electrons. The number of benzene rings is 2. The van der Waals surface area contributed by atoms with Crippen molar-refractivity contribution in [3.05, 3.63) is 58.1 Å².